The lowest BCUT2D eigenvalue weighted by Crippen LogP contribution is -2.20. The van der Waals surface area contributed by atoms with Crippen LogP contribution >= 0.6 is 0 Å². The first-order chi connectivity index (χ1) is 18.4. The fourth-order valence-corrected chi connectivity index (χ4v) is 3.98. The number of fused-ring (bicyclic) bond motifs is 2. The Morgan fingerprint density at radius 3 is 2.66 bits per heavy atom. The van der Waals surface area contributed by atoms with Crippen LogP contribution in [-0.2, 0) is 9.53 Å². The van der Waals surface area contributed by atoms with Gasteiger partial charge in [0.25, 0.3) is 5.56 Å². The van der Waals surface area contributed by atoms with Crippen molar-refractivity contribution < 1.29 is 23.4 Å². The molecule has 0 unspecified atom stereocenters. The van der Waals surface area contributed by atoms with Crippen molar-refractivity contribution in [1.29, 1.82) is 0 Å². The minimum atomic E-state index is -0.518. The Kier molecular flexibility index (Phi) is 6.90. The molecule has 0 bridgehead atoms. The summed E-state index contributed by atoms with van der Waals surface area (Å²) >= 11 is 0. The predicted molar refractivity (Wildman–Crippen MR) is 144 cm³/mol. The number of hydrogen-bond donors (Lipinski definition) is 0. The van der Waals surface area contributed by atoms with Crippen LogP contribution in [0.5, 0.6) is 11.5 Å². The number of benzene rings is 3. The van der Waals surface area contributed by atoms with E-state index in [-0.39, 0.29) is 29.8 Å². The highest BCUT2D eigenvalue weighted by Gasteiger charge is 2.17. The van der Waals surface area contributed by atoms with Crippen molar-refractivity contribution in [2.75, 3.05) is 13.7 Å². The molecule has 0 radical (unpaired) electrons. The van der Waals surface area contributed by atoms with E-state index in [1.807, 2.05) is 36.4 Å². The normalized spacial score (nSPS) is 11.5. The molecule has 0 spiro atoms. The number of para-hydroxylation sites is 3. The van der Waals surface area contributed by atoms with Crippen molar-refractivity contribution >= 4 is 34.1 Å². The molecular weight excluding hydrogens is 486 g/mol. The molecule has 5 aromatic rings. The minimum Gasteiger partial charge on any atom is -0.493 e. The number of rotatable bonds is 8. The molecule has 0 fully saturated rings. The van der Waals surface area contributed by atoms with Crippen LogP contribution in [0.1, 0.15) is 19.4 Å². The van der Waals surface area contributed by atoms with Gasteiger partial charge in [-0.2, -0.15) is 9.78 Å². The Morgan fingerprint density at radius 1 is 1.08 bits per heavy atom. The molecule has 0 aliphatic heterocycles. The number of furan rings is 1. The smallest absolute Gasteiger partial charge is 0.344 e. The highest BCUT2D eigenvalue weighted by Crippen LogP contribution is 2.31. The van der Waals surface area contributed by atoms with Crippen LogP contribution in [0.3, 0.4) is 0 Å². The second-order valence-electron chi connectivity index (χ2n) is 8.67. The van der Waals surface area contributed by atoms with Crippen molar-refractivity contribution in [1.82, 2.24) is 9.66 Å². The molecule has 38 heavy (non-hydrogen) atoms. The Morgan fingerprint density at radius 2 is 1.87 bits per heavy atom. The molecule has 2 heterocycles. The number of esters is 1. The molecule has 5 rings (SSSR count). The number of aromatic nitrogens is 2. The van der Waals surface area contributed by atoms with Gasteiger partial charge in [0.1, 0.15) is 5.58 Å². The molecule has 3 aromatic carbocycles. The van der Waals surface area contributed by atoms with Crippen molar-refractivity contribution in [2.24, 2.45) is 5.10 Å². The monoisotopic (exact) mass is 511 g/mol. The van der Waals surface area contributed by atoms with Crippen molar-refractivity contribution in [2.45, 2.75) is 20.0 Å². The molecule has 0 aliphatic carbocycles. The topological polar surface area (TPSA) is 105 Å². The Labute approximate surface area is 217 Å². The van der Waals surface area contributed by atoms with Crippen LogP contribution < -0.4 is 15.0 Å². The van der Waals surface area contributed by atoms with Gasteiger partial charge >= 0.3 is 5.97 Å². The lowest BCUT2D eigenvalue weighted by molar-refractivity contribution is -0.149. The first-order valence-electron chi connectivity index (χ1n) is 12.0. The molecule has 0 atom stereocenters. The maximum absolute atomic E-state index is 13.5. The molecule has 0 saturated carbocycles. The maximum atomic E-state index is 13.5. The Balaban J connectivity index is 1.60. The number of ether oxygens (including phenoxy) is 3. The zero-order chi connectivity index (χ0) is 26.6. The van der Waals surface area contributed by atoms with E-state index in [0.29, 0.717) is 33.6 Å². The summed E-state index contributed by atoms with van der Waals surface area (Å²) < 4.78 is 23.5. The lowest BCUT2D eigenvalue weighted by Gasteiger charge is -2.14. The van der Waals surface area contributed by atoms with Crippen molar-refractivity contribution in [3.63, 3.8) is 0 Å². The molecule has 0 amide bonds. The highest BCUT2D eigenvalue weighted by molar-refractivity contribution is 5.87. The number of carbonyl (C=O) groups excluding carboxylic acids is 1. The van der Waals surface area contributed by atoms with E-state index in [1.54, 1.807) is 50.2 Å². The summed E-state index contributed by atoms with van der Waals surface area (Å²) in [7, 11) is 1.49. The van der Waals surface area contributed by atoms with Gasteiger partial charge in [-0.05, 0) is 50.2 Å². The van der Waals surface area contributed by atoms with Gasteiger partial charge in [0.05, 0.1) is 30.3 Å². The van der Waals surface area contributed by atoms with Crippen LogP contribution in [0.25, 0.3) is 33.5 Å². The summed E-state index contributed by atoms with van der Waals surface area (Å²) in [4.78, 5) is 30.3. The maximum Gasteiger partial charge on any atom is 0.344 e. The summed E-state index contributed by atoms with van der Waals surface area (Å²) in [6, 6.07) is 21.6. The summed E-state index contributed by atoms with van der Waals surface area (Å²) in [5.41, 5.74) is 1.30. The second kappa shape index (κ2) is 10.6. The van der Waals surface area contributed by atoms with Crippen molar-refractivity contribution in [3.05, 3.63) is 88.7 Å². The van der Waals surface area contributed by atoms with E-state index < -0.39 is 5.97 Å². The van der Waals surface area contributed by atoms with Crippen LogP contribution in [0, 0.1) is 0 Å². The van der Waals surface area contributed by atoms with Gasteiger partial charge in [0, 0.05) is 10.9 Å². The van der Waals surface area contributed by atoms with E-state index in [9.17, 15) is 9.59 Å². The number of methoxy groups -OCH3 is 1. The van der Waals surface area contributed by atoms with Gasteiger partial charge < -0.3 is 18.6 Å². The molecule has 0 saturated heterocycles. The van der Waals surface area contributed by atoms with Gasteiger partial charge in [-0.1, -0.05) is 36.4 Å². The highest BCUT2D eigenvalue weighted by atomic mass is 16.6. The average Bonchev–Trinajstić information content (AvgIpc) is 3.35. The van der Waals surface area contributed by atoms with Gasteiger partial charge in [0.2, 0.25) is 5.82 Å². The largest absolute Gasteiger partial charge is 0.493 e. The predicted octanol–water partition coefficient (Wildman–Crippen LogP) is 5.03. The van der Waals surface area contributed by atoms with Crippen LogP contribution in [0.2, 0.25) is 0 Å². The van der Waals surface area contributed by atoms with Crippen LogP contribution in [-0.4, -0.2) is 41.7 Å². The quantitative estimate of drug-likeness (QED) is 0.212. The molecule has 0 N–H and O–H groups in total. The number of nitrogens with zero attached hydrogens (tertiary/aromatic N) is 3. The fraction of sp³-hybridized carbons (Fsp3) is 0.172. The second-order valence-corrected chi connectivity index (χ2v) is 8.67. The third-order valence-corrected chi connectivity index (χ3v) is 5.64. The molecule has 192 valence electrons. The SMILES string of the molecule is COc1cccc(C=Nn2c(-c3cc4ccccc4o3)nc3ccccc3c2=O)c1OCC(=O)OC(C)C. The minimum absolute atomic E-state index is 0.243. The molecular formula is C29H25N3O6. The van der Waals surface area contributed by atoms with Crippen molar-refractivity contribution in [3.8, 4) is 23.1 Å². The summed E-state index contributed by atoms with van der Waals surface area (Å²) in [5.74, 6) is 0.798. The van der Waals surface area contributed by atoms with Gasteiger partial charge in [-0.25, -0.2) is 9.78 Å². The van der Waals surface area contributed by atoms with Gasteiger partial charge in [0.15, 0.2) is 23.9 Å². The average molecular weight is 512 g/mol. The molecule has 9 heteroatoms. The third kappa shape index (κ3) is 4.99. The molecule has 0 aliphatic rings. The van der Waals surface area contributed by atoms with E-state index in [2.05, 4.69) is 5.10 Å². The van der Waals surface area contributed by atoms with Crippen LogP contribution in [0.4, 0.5) is 0 Å². The standard InChI is InChI=1S/C29H25N3O6/c1-18(2)37-26(33)17-36-27-20(10-8-14-24(27)35-3)16-30-32-28(25-15-19-9-4-7-13-23(19)38-25)31-22-12-6-5-11-21(22)29(32)34/h4-16,18H,17H2,1-3H3. The Bertz CT molecular complexity index is 1680. The first kappa shape index (κ1) is 24.8. The summed E-state index contributed by atoms with van der Waals surface area (Å²) in [6.45, 7) is 3.20. The third-order valence-electron chi connectivity index (χ3n) is 5.64. The molecule has 9 nitrogen and oxygen atoms in total. The Hall–Kier alpha value is -4.92. The first-order valence-corrected chi connectivity index (χ1v) is 12.0. The van der Waals surface area contributed by atoms with E-state index in [4.69, 9.17) is 23.6 Å². The van der Waals surface area contributed by atoms with E-state index in [1.165, 1.54) is 18.0 Å². The summed E-state index contributed by atoms with van der Waals surface area (Å²) in [6.07, 6.45) is 1.18. The fourth-order valence-electron chi connectivity index (χ4n) is 3.98. The zero-order valence-electron chi connectivity index (χ0n) is 21.1. The van der Waals surface area contributed by atoms with Crippen LogP contribution in [0.15, 0.2) is 87.1 Å². The number of hydrogen-bond acceptors (Lipinski definition) is 8. The van der Waals surface area contributed by atoms with Gasteiger partial charge in [-0.15, -0.1) is 0 Å². The van der Waals surface area contributed by atoms with Gasteiger partial charge in [-0.3, -0.25) is 4.79 Å². The van der Waals surface area contributed by atoms with E-state index in [0.717, 1.165) is 5.39 Å². The lowest BCUT2D eigenvalue weighted by atomic mass is 10.2. The number of carbonyl (C=O) groups is 1. The molecule has 2 aromatic heterocycles. The zero-order valence-corrected chi connectivity index (χ0v) is 21.1. The van der Waals surface area contributed by atoms with E-state index >= 15 is 0 Å². The summed E-state index contributed by atoms with van der Waals surface area (Å²) in [5, 5.41) is 5.77.